The Kier molecular flexibility index (Phi) is 5.51. The predicted octanol–water partition coefficient (Wildman–Crippen LogP) is -0.214. The lowest BCUT2D eigenvalue weighted by Crippen LogP contribution is -2.47. The molecule has 1 heterocycles. The zero-order chi connectivity index (χ0) is 15.1. The summed E-state index contributed by atoms with van der Waals surface area (Å²) < 4.78 is 4.36. The lowest BCUT2D eigenvalue weighted by atomic mass is 10.2. The van der Waals surface area contributed by atoms with E-state index in [-0.39, 0.29) is 0 Å². The number of aromatic amines is 1. The van der Waals surface area contributed by atoms with E-state index in [1.54, 1.807) is 13.1 Å². The number of carboxylic acids is 1. The Balaban J connectivity index is 2.53. The van der Waals surface area contributed by atoms with Crippen LogP contribution in [0.2, 0.25) is 0 Å². The zero-order valence-corrected chi connectivity index (χ0v) is 11.0. The van der Waals surface area contributed by atoms with Crippen molar-refractivity contribution in [2.75, 3.05) is 7.11 Å². The Morgan fingerprint density at radius 3 is 2.65 bits per heavy atom. The second kappa shape index (κ2) is 7.12. The van der Waals surface area contributed by atoms with Gasteiger partial charge in [0, 0.05) is 12.4 Å². The highest BCUT2D eigenvalue weighted by Gasteiger charge is 2.24. The first-order chi connectivity index (χ1) is 9.43. The van der Waals surface area contributed by atoms with Crippen LogP contribution in [-0.2, 0) is 14.3 Å². The van der Waals surface area contributed by atoms with Gasteiger partial charge in [0.1, 0.15) is 11.9 Å². The molecular weight excluding hydrogens is 268 g/mol. The smallest absolute Gasteiger partial charge is 0.326 e. The molecule has 0 fully saturated rings. The molecule has 1 unspecified atom stereocenters. The topological polar surface area (TPSA) is 133 Å². The lowest BCUT2D eigenvalue weighted by Gasteiger charge is -2.16. The molecule has 0 aliphatic rings. The molecule has 0 saturated carbocycles. The van der Waals surface area contributed by atoms with Gasteiger partial charge in [-0.3, -0.25) is 4.79 Å². The third-order valence-corrected chi connectivity index (χ3v) is 2.48. The number of carbonyl (C=O) groups excluding carboxylic acids is 2. The minimum absolute atomic E-state index is 0.433. The number of H-pyrrole nitrogens is 1. The van der Waals surface area contributed by atoms with E-state index in [0.29, 0.717) is 5.82 Å². The van der Waals surface area contributed by atoms with Crippen molar-refractivity contribution < 1.29 is 24.2 Å². The van der Waals surface area contributed by atoms with Crippen molar-refractivity contribution in [1.82, 2.24) is 20.6 Å². The number of rotatable bonds is 6. The van der Waals surface area contributed by atoms with Crippen LogP contribution in [0.1, 0.15) is 25.2 Å². The molecule has 20 heavy (non-hydrogen) atoms. The standard InChI is InChI=1S/C11H16N4O5/c1-6(9-12-3-4-13-9)14-11(19)15-7(10(17)18)5-8(16)20-2/h3-4,6-7H,5H2,1-2H3,(H,12,13)(H,17,18)(H2,14,15,19)/t6?,7-/m0/s1. The van der Waals surface area contributed by atoms with E-state index in [0.717, 1.165) is 7.11 Å². The van der Waals surface area contributed by atoms with Crippen LogP contribution >= 0.6 is 0 Å². The van der Waals surface area contributed by atoms with Crippen molar-refractivity contribution in [2.24, 2.45) is 0 Å². The number of aliphatic carboxylic acids is 1. The van der Waals surface area contributed by atoms with E-state index in [4.69, 9.17) is 5.11 Å². The van der Waals surface area contributed by atoms with E-state index in [1.807, 2.05) is 0 Å². The van der Waals surface area contributed by atoms with Gasteiger partial charge >= 0.3 is 18.0 Å². The van der Waals surface area contributed by atoms with E-state index in [9.17, 15) is 14.4 Å². The van der Waals surface area contributed by atoms with E-state index < -0.39 is 36.5 Å². The second-order valence-electron chi connectivity index (χ2n) is 3.98. The highest BCUT2D eigenvalue weighted by molar-refractivity contribution is 5.86. The number of carboxylic acid groups (broad SMARTS) is 1. The molecule has 0 bridgehead atoms. The normalized spacial score (nSPS) is 13.1. The maximum Gasteiger partial charge on any atom is 0.326 e. The number of imidazole rings is 1. The molecule has 1 rings (SSSR count). The van der Waals surface area contributed by atoms with Gasteiger partial charge in [-0.25, -0.2) is 14.6 Å². The summed E-state index contributed by atoms with van der Waals surface area (Å²) in [6, 6.07) is -2.51. The molecule has 9 nitrogen and oxygen atoms in total. The number of hydrogen-bond acceptors (Lipinski definition) is 5. The van der Waals surface area contributed by atoms with Crippen molar-refractivity contribution in [3.63, 3.8) is 0 Å². The molecule has 9 heteroatoms. The molecule has 110 valence electrons. The number of nitrogens with one attached hydrogen (secondary N) is 3. The predicted molar refractivity (Wildman–Crippen MR) is 66.7 cm³/mol. The summed E-state index contributed by atoms with van der Waals surface area (Å²) in [5.41, 5.74) is 0. The third-order valence-electron chi connectivity index (χ3n) is 2.48. The van der Waals surface area contributed by atoms with E-state index >= 15 is 0 Å². The highest BCUT2D eigenvalue weighted by Crippen LogP contribution is 2.04. The maximum absolute atomic E-state index is 11.7. The van der Waals surface area contributed by atoms with Crippen LogP contribution in [0.4, 0.5) is 4.79 Å². The quantitative estimate of drug-likeness (QED) is 0.534. The van der Waals surface area contributed by atoms with Gasteiger partial charge in [0.2, 0.25) is 0 Å². The lowest BCUT2D eigenvalue weighted by molar-refractivity contribution is -0.147. The number of ether oxygens (including phenoxy) is 1. The van der Waals surface area contributed by atoms with Gasteiger partial charge < -0.3 is 25.5 Å². The third kappa shape index (κ3) is 4.59. The second-order valence-corrected chi connectivity index (χ2v) is 3.98. The Bertz CT molecular complexity index is 473. The summed E-state index contributed by atoms with van der Waals surface area (Å²) in [7, 11) is 1.14. The molecule has 1 aromatic heterocycles. The minimum Gasteiger partial charge on any atom is -0.480 e. The molecule has 2 atom stereocenters. The molecule has 0 saturated heterocycles. The van der Waals surface area contributed by atoms with Gasteiger partial charge in [-0.1, -0.05) is 0 Å². The summed E-state index contributed by atoms with van der Waals surface area (Å²) >= 11 is 0. The van der Waals surface area contributed by atoms with Crippen LogP contribution in [0, 0.1) is 0 Å². The summed E-state index contributed by atoms with van der Waals surface area (Å²) in [5, 5.41) is 13.6. The van der Waals surface area contributed by atoms with E-state index in [2.05, 4.69) is 25.3 Å². The van der Waals surface area contributed by atoms with Gasteiger partial charge in [0.15, 0.2) is 0 Å². The monoisotopic (exact) mass is 284 g/mol. The fourth-order valence-electron chi connectivity index (χ4n) is 1.43. The molecule has 0 spiro atoms. The number of nitrogens with zero attached hydrogens (tertiary/aromatic N) is 1. The van der Waals surface area contributed by atoms with Crippen LogP contribution in [0.5, 0.6) is 0 Å². The summed E-state index contributed by atoms with van der Waals surface area (Å²) in [6.07, 6.45) is 2.68. The first kappa shape index (κ1) is 15.5. The van der Waals surface area contributed by atoms with Crippen LogP contribution in [0.3, 0.4) is 0 Å². The average molecular weight is 284 g/mol. The van der Waals surface area contributed by atoms with Gasteiger partial charge in [-0.2, -0.15) is 0 Å². The Morgan fingerprint density at radius 1 is 1.45 bits per heavy atom. The number of esters is 1. The van der Waals surface area contributed by atoms with Gasteiger partial charge in [-0.15, -0.1) is 0 Å². The SMILES string of the molecule is COC(=O)C[C@H](NC(=O)NC(C)c1ncc[nH]1)C(=O)O. The molecule has 0 aliphatic carbocycles. The van der Waals surface area contributed by atoms with Crippen molar-refractivity contribution in [2.45, 2.75) is 25.4 Å². The molecule has 1 aromatic rings. The summed E-state index contributed by atoms with van der Waals surface area (Å²) in [6.45, 7) is 1.68. The Morgan fingerprint density at radius 2 is 2.15 bits per heavy atom. The van der Waals surface area contributed by atoms with Gasteiger partial charge in [-0.05, 0) is 6.92 Å². The molecule has 4 N–H and O–H groups in total. The molecular formula is C11H16N4O5. The Hall–Kier alpha value is -2.58. The molecule has 2 amide bonds. The largest absolute Gasteiger partial charge is 0.480 e. The van der Waals surface area contributed by atoms with Crippen molar-refractivity contribution in [1.29, 1.82) is 0 Å². The van der Waals surface area contributed by atoms with Gasteiger partial charge in [0.05, 0.1) is 19.6 Å². The maximum atomic E-state index is 11.7. The zero-order valence-electron chi connectivity index (χ0n) is 11.0. The van der Waals surface area contributed by atoms with Crippen LogP contribution in [-0.4, -0.2) is 46.2 Å². The van der Waals surface area contributed by atoms with Crippen molar-refractivity contribution in [3.8, 4) is 0 Å². The number of methoxy groups -OCH3 is 1. The van der Waals surface area contributed by atoms with Crippen LogP contribution < -0.4 is 10.6 Å². The number of aromatic nitrogens is 2. The molecule has 0 aromatic carbocycles. The number of carbonyl (C=O) groups is 3. The number of hydrogen-bond donors (Lipinski definition) is 4. The first-order valence-electron chi connectivity index (χ1n) is 5.80. The molecule has 0 radical (unpaired) electrons. The number of amides is 2. The summed E-state index contributed by atoms with van der Waals surface area (Å²) in [4.78, 5) is 40.4. The Labute approximate surface area is 114 Å². The van der Waals surface area contributed by atoms with Gasteiger partial charge in [0.25, 0.3) is 0 Å². The average Bonchev–Trinajstić information content (AvgIpc) is 2.91. The minimum atomic E-state index is -1.36. The van der Waals surface area contributed by atoms with Crippen molar-refractivity contribution in [3.05, 3.63) is 18.2 Å². The summed E-state index contributed by atoms with van der Waals surface area (Å²) in [5.74, 6) is -1.52. The van der Waals surface area contributed by atoms with E-state index in [1.165, 1.54) is 6.20 Å². The number of urea groups is 1. The first-order valence-corrected chi connectivity index (χ1v) is 5.80. The highest BCUT2D eigenvalue weighted by atomic mass is 16.5. The van der Waals surface area contributed by atoms with Crippen LogP contribution in [0.15, 0.2) is 12.4 Å². The van der Waals surface area contributed by atoms with Crippen molar-refractivity contribution >= 4 is 18.0 Å². The van der Waals surface area contributed by atoms with Crippen LogP contribution in [0.25, 0.3) is 0 Å². The fraction of sp³-hybridized carbons (Fsp3) is 0.455. The fourth-order valence-corrected chi connectivity index (χ4v) is 1.43. The molecule has 0 aliphatic heterocycles.